The lowest BCUT2D eigenvalue weighted by molar-refractivity contribution is 0.0315. The van der Waals surface area contributed by atoms with Crippen LogP contribution in [-0.4, -0.2) is 52.0 Å². The van der Waals surface area contributed by atoms with Gasteiger partial charge in [-0.25, -0.2) is 4.39 Å². The van der Waals surface area contributed by atoms with Gasteiger partial charge >= 0.3 is 0 Å². The van der Waals surface area contributed by atoms with E-state index in [9.17, 15) is 4.39 Å². The Labute approximate surface area is 159 Å². The van der Waals surface area contributed by atoms with E-state index in [-0.39, 0.29) is 11.9 Å². The summed E-state index contributed by atoms with van der Waals surface area (Å²) in [5, 5.41) is 0. The molecular weight excluding hydrogens is 349 g/mol. The van der Waals surface area contributed by atoms with E-state index in [0.717, 1.165) is 56.3 Å². The van der Waals surface area contributed by atoms with Crippen LogP contribution in [0.3, 0.4) is 0 Å². The van der Waals surface area contributed by atoms with E-state index in [4.69, 9.17) is 18.9 Å². The van der Waals surface area contributed by atoms with Gasteiger partial charge in [-0.3, -0.25) is 4.90 Å². The van der Waals surface area contributed by atoms with Crippen LogP contribution in [0.5, 0.6) is 17.2 Å². The van der Waals surface area contributed by atoms with E-state index >= 15 is 0 Å². The number of morpholine rings is 1. The minimum absolute atomic E-state index is 0.292. The Morgan fingerprint density at radius 3 is 2.56 bits per heavy atom. The highest BCUT2D eigenvalue weighted by atomic mass is 19.1. The van der Waals surface area contributed by atoms with Gasteiger partial charge < -0.3 is 18.9 Å². The van der Waals surface area contributed by atoms with Crippen molar-refractivity contribution in [1.29, 1.82) is 0 Å². The van der Waals surface area contributed by atoms with E-state index in [1.807, 2.05) is 18.2 Å². The first-order chi connectivity index (χ1) is 13.2. The molecule has 0 spiro atoms. The fourth-order valence-electron chi connectivity index (χ4n) is 3.20. The summed E-state index contributed by atoms with van der Waals surface area (Å²) in [7, 11) is 3.26. The number of hydrogen-bond acceptors (Lipinski definition) is 5. The van der Waals surface area contributed by atoms with Gasteiger partial charge in [0.05, 0.1) is 27.4 Å². The predicted octanol–water partition coefficient (Wildman–Crippen LogP) is 3.69. The smallest absolute Gasteiger partial charge is 0.129 e. The van der Waals surface area contributed by atoms with E-state index < -0.39 is 0 Å². The Balaban J connectivity index is 1.84. The van der Waals surface area contributed by atoms with Crippen LogP contribution in [0.2, 0.25) is 0 Å². The zero-order chi connectivity index (χ0) is 19.1. The number of rotatable bonds is 8. The van der Waals surface area contributed by atoms with Crippen molar-refractivity contribution < 1.29 is 23.3 Å². The van der Waals surface area contributed by atoms with Crippen LogP contribution in [0.4, 0.5) is 4.39 Å². The third-order valence-corrected chi connectivity index (χ3v) is 4.67. The topological polar surface area (TPSA) is 40.2 Å². The largest absolute Gasteiger partial charge is 0.497 e. The van der Waals surface area contributed by atoms with Crippen LogP contribution < -0.4 is 14.2 Å². The van der Waals surface area contributed by atoms with Gasteiger partial charge in [-0.2, -0.15) is 0 Å². The standard InChI is InChI=1S/C21H26FNO4/c1-24-17-6-7-20(25-2)19(15-17)21(8-9-23-10-12-26-13-11-23)27-18-5-3-4-16(22)14-18/h3-7,14-15,21H,8-13H2,1-2H3. The molecule has 5 nitrogen and oxygen atoms in total. The molecule has 2 aromatic rings. The molecule has 0 radical (unpaired) electrons. The molecule has 1 saturated heterocycles. The molecular formula is C21H26FNO4. The van der Waals surface area contributed by atoms with Crippen molar-refractivity contribution in [3.8, 4) is 17.2 Å². The highest BCUT2D eigenvalue weighted by molar-refractivity contribution is 5.42. The minimum atomic E-state index is -0.322. The van der Waals surface area contributed by atoms with E-state index in [0.29, 0.717) is 5.75 Å². The Kier molecular flexibility index (Phi) is 6.90. The van der Waals surface area contributed by atoms with Crippen LogP contribution in [0, 0.1) is 5.82 Å². The van der Waals surface area contributed by atoms with Crippen molar-refractivity contribution in [3.63, 3.8) is 0 Å². The Morgan fingerprint density at radius 2 is 1.85 bits per heavy atom. The average Bonchev–Trinajstić information content (AvgIpc) is 2.71. The zero-order valence-electron chi connectivity index (χ0n) is 15.8. The van der Waals surface area contributed by atoms with Crippen molar-refractivity contribution in [2.45, 2.75) is 12.5 Å². The Bertz CT molecular complexity index is 734. The molecule has 2 aromatic carbocycles. The molecule has 3 rings (SSSR count). The van der Waals surface area contributed by atoms with Gasteiger partial charge in [-0.15, -0.1) is 0 Å². The molecule has 0 aliphatic carbocycles. The summed E-state index contributed by atoms with van der Waals surface area (Å²) < 4.78 is 36.1. The van der Waals surface area contributed by atoms with E-state index in [1.54, 1.807) is 26.4 Å². The van der Waals surface area contributed by atoms with Crippen LogP contribution in [0.15, 0.2) is 42.5 Å². The second-order valence-corrected chi connectivity index (χ2v) is 6.41. The molecule has 27 heavy (non-hydrogen) atoms. The SMILES string of the molecule is COc1ccc(OC)c(C(CCN2CCOCC2)Oc2cccc(F)c2)c1. The summed E-state index contributed by atoms with van der Waals surface area (Å²) >= 11 is 0. The van der Waals surface area contributed by atoms with Crippen LogP contribution in [0.1, 0.15) is 18.1 Å². The van der Waals surface area contributed by atoms with Crippen molar-refractivity contribution in [2.75, 3.05) is 47.1 Å². The maximum atomic E-state index is 13.6. The average molecular weight is 375 g/mol. The molecule has 1 heterocycles. The first-order valence-electron chi connectivity index (χ1n) is 9.14. The zero-order valence-corrected chi connectivity index (χ0v) is 15.8. The highest BCUT2D eigenvalue weighted by Gasteiger charge is 2.21. The van der Waals surface area contributed by atoms with E-state index in [1.165, 1.54) is 12.1 Å². The number of nitrogens with zero attached hydrogens (tertiary/aromatic N) is 1. The monoisotopic (exact) mass is 375 g/mol. The number of benzene rings is 2. The summed E-state index contributed by atoms with van der Waals surface area (Å²) in [4.78, 5) is 2.35. The lowest BCUT2D eigenvalue weighted by Crippen LogP contribution is -2.37. The fourth-order valence-corrected chi connectivity index (χ4v) is 3.20. The van der Waals surface area contributed by atoms with Gasteiger partial charge in [0.15, 0.2) is 0 Å². The lowest BCUT2D eigenvalue weighted by atomic mass is 10.0. The van der Waals surface area contributed by atoms with Crippen molar-refractivity contribution in [2.24, 2.45) is 0 Å². The maximum Gasteiger partial charge on any atom is 0.129 e. The third-order valence-electron chi connectivity index (χ3n) is 4.67. The first kappa shape index (κ1) is 19.5. The molecule has 0 amide bonds. The molecule has 1 aliphatic heterocycles. The molecule has 0 aromatic heterocycles. The predicted molar refractivity (Wildman–Crippen MR) is 101 cm³/mol. The van der Waals surface area contributed by atoms with Crippen LogP contribution >= 0.6 is 0 Å². The molecule has 1 fully saturated rings. The summed E-state index contributed by atoms with van der Waals surface area (Å²) in [5.74, 6) is 1.62. The van der Waals surface area contributed by atoms with Gasteiger partial charge in [0.1, 0.15) is 29.2 Å². The maximum absolute atomic E-state index is 13.6. The molecule has 6 heteroatoms. The molecule has 146 valence electrons. The highest BCUT2D eigenvalue weighted by Crippen LogP contribution is 2.34. The molecule has 1 atom stereocenters. The summed E-state index contributed by atoms with van der Waals surface area (Å²) in [6, 6.07) is 11.8. The second-order valence-electron chi connectivity index (χ2n) is 6.41. The van der Waals surface area contributed by atoms with Gasteiger partial charge in [0.25, 0.3) is 0 Å². The fraction of sp³-hybridized carbons (Fsp3) is 0.429. The summed E-state index contributed by atoms with van der Waals surface area (Å²) in [5.41, 5.74) is 0.884. The first-order valence-corrected chi connectivity index (χ1v) is 9.14. The summed E-state index contributed by atoms with van der Waals surface area (Å²) in [6.45, 7) is 4.16. The second kappa shape index (κ2) is 9.58. The lowest BCUT2D eigenvalue weighted by Gasteiger charge is -2.29. The van der Waals surface area contributed by atoms with Crippen molar-refractivity contribution >= 4 is 0 Å². The van der Waals surface area contributed by atoms with Gasteiger partial charge in [-0.1, -0.05) is 6.07 Å². The molecule has 0 bridgehead atoms. The Morgan fingerprint density at radius 1 is 1.04 bits per heavy atom. The quantitative estimate of drug-likeness (QED) is 0.704. The number of halogens is 1. The van der Waals surface area contributed by atoms with Gasteiger partial charge in [0, 0.05) is 37.7 Å². The van der Waals surface area contributed by atoms with Crippen LogP contribution in [0.25, 0.3) is 0 Å². The Hall–Kier alpha value is -2.31. The third kappa shape index (κ3) is 5.34. The van der Waals surface area contributed by atoms with Gasteiger partial charge in [-0.05, 0) is 30.3 Å². The number of methoxy groups -OCH3 is 2. The van der Waals surface area contributed by atoms with Crippen molar-refractivity contribution in [3.05, 3.63) is 53.8 Å². The van der Waals surface area contributed by atoms with E-state index in [2.05, 4.69) is 4.90 Å². The summed E-state index contributed by atoms with van der Waals surface area (Å²) in [6.07, 6.45) is 0.444. The number of hydrogen-bond donors (Lipinski definition) is 0. The van der Waals surface area contributed by atoms with Crippen molar-refractivity contribution in [1.82, 2.24) is 4.90 Å². The number of ether oxygens (including phenoxy) is 4. The minimum Gasteiger partial charge on any atom is -0.497 e. The molecule has 0 saturated carbocycles. The normalized spacial score (nSPS) is 16.0. The van der Waals surface area contributed by atoms with Crippen LogP contribution in [-0.2, 0) is 4.74 Å². The molecule has 0 N–H and O–H groups in total. The van der Waals surface area contributed by atoms with Gasteiger partial charge in [0.2, 0.25) is 0 Å². The molecule has 1 unspecified atom stereocenters. The molecule has 1 aliphatic rings.